The molecule has 1 aliphatic heterocycles. The number of aromatic nitrogens is 2. The maximum Gasteiger partial charge on any atom is 0.229 e. The van der Waals surface area contributed by atoms with Gasteiger partial charge in [0.05, 0.1) is 29.6 Å². The van der Waals surface area contributed by atoms with E-state index in [1.807, 2.05) is 68.8 Å². The van der Waals surface area contributed by atoms with E-state index in [2.05, 4.69) is 10.4 Å². The molecule has 174 valence electrons. The minimum absolute atomic E-state index is 0.112. The third kappa shape index (κ3) is 5.40. The van der Waals surface area contributed by atoms with Crippen molar-refractivity contribution in [2.75, 3.05) is 18.5 Å². The summed E-state index contributed by atoms with van der Waals surface area (Å²) >= 11 is 6.31. The summed E-state index contributed by atoms with van der Waals surface area (Å²) in [5, 5.41) is 8.36. The maximum atomic E-state index is 13.0. The molecule has 2 aromatic carbocycles. The Bertz CT molecular complexity index is 1170. The second-order valence-electron chi connectivity index (χ2n) is 8.67. The molecule has 1 aromatic heterocycles. The van der Waals surface area contributed by atoms with Crippen LogP contribution in [0.25, 0.3) is 5.69 Å². The number of hydrogen-bond acceptors (Lipinski definition) is 4. The fraction of sp³-hybridized carbons (Fsp3) is 0.385. The van der Waals surface area contributed by atoms with Gasteiger partial charge in [0, 0.05) is 22.9 Å². The highest BCUT2D eigenvalue weighted by atomic mass is 35.5. The summed E-state index contributed by atoms with van der Waals surface area (Å²) in [5.74, 6) is 0.547. The van der Waals surface area contributed by atoms with Gasteiger partial charge in [-0.1, -0.05) is 23.7 Å². The van der Waals surface area contributed by atoms with Crippen molar-refractivity contribution in [1.82, 2.24) is 9.78 Å². The molecule has 1 atom stereocenters. The number of ether oxygens (including phenoxy) is 2. The molecule has 1 unspecified atom stereocenters. The fourth-order valence-corrected chi connectivity index (χ4v) is 4.24. The number of aryl methyl sites for hydroxylation is 3. The van der Waals surface area contributed by atoms with Gasteiger partial charge in [0.25, 0.3) is 0 Å². The summed E-state index contributed by atoms with van der Waals surface area (Å²) in [5.41, 5.74) is 6.26. The van der Waals surface area contributed by atoms with E-state index in [0.29, 0.717) is 23.1 Å². The maximum absolute atomic E-state index is 13.0. The first-order valence-electron chi connectivity index (χ1n) is 11.3. The lowest BCUT2D eigenvalue weighted by Crippen LogP contribution is -2.19. The molecule has 4 rings (SSSR count). The van der Waals surface area contributed by atoms with Gasteiger partial charge in [0.1, 0.15) is 12.4 Å². The number of carbonyl (C=O) groups is 1. The van der Waals surface area contributed by atoms with Crippen LogP contribution in [0.15, 0.2) is 36.4 Å². The lowest BCUT2D eigenvalue weighted by atomic mass is 10.1. The normalized spacial score (nSPS) is 15.6. The molecule has 2 heterocycles. The molecular formula is C26H30ClN3O3. The molecule has 0 aliphatic carbocycles. The van der Waals surface area contributed by atoms with E-state index in [1.54, 1.807) is 0 Å². The summed E-state index contributed by atoms with van der Waals surface area (Å²) in [4.78, 5) is 13.0. The Morgan fingerprint density at radius 1 is 1.21 bits per heavy atom. The van der Waals surface area contributed by atoms with Crippen molar-refractivity contribution in [3.8, 4) is 11.4 Å². The highest BCUT2D eigenvalue weighted by molar-refractivity contribution is 6.31. The van der Waals surface area contributed by atoms with Crippen molar-refractivity contribution in [2.45, 2.75) is 53.1 Å². The molecule has 0 saturated carbocycles. The Morgan fingerprint density at radius 2 is 2.03 bits per heavy atom. The lowest BCUT2D eigenvalue weighted by Gasteiger charge is -2.16. The summed E-state index contributed by atoms with van der Waals surface area (Å²) in [7, 11) is 0. The van der Waals surface area contributed by atoms with E-state index < -0.39 is 0 Å². The van der Waals surface area contributed by atoms with E-state index >= 15 is 0 Å². The zero-order valence-electron chi connectivity index (χ0n) is 19.6. The molecule has 3 aromatic rings. The Labute approximate surface area is 199 Å². The quantitative estimate of drug-likeness (QED) is 0.498. The van der Waals surface area contributed by atoms with Gasteiger partial charge in [-0.05, 0) is 75.9 Å². The van der Waals surface area contributed by atoms with Crippen LogP contribution in [-0.4, -0.2) is 35.0 Å². The van der Waals surface area contributed by atoms with Crippen molar-refractivity contribution in [3.05, 3.63) is 69.5 Å². The van der Waals surface area contributed by atoms with Crippen LogP contribution in [0.2, 0.25) is 5.02 Å². The number of halogens is 1. The smallest absolute Gasteiger partial charge is 0.229 e. The van der Waals surface area contributed by atoms with Crippen molar-refractivity contribution < 1.29 is 14.3 Å². The van der Waals surface area contributed by atoms with Crippen LogP contribution in [0.3, 0.4) is 0 Å². The van der Waals surface area contributed by atoms with Gasteiger partial charge in [-0.15, -0.1) is 0 Å². The minimum Gasteiger partial charge on any atom is -0.489 e. The van der Waals surface area contributed by atoms with Gasteiger partial charge in [0.2, 0.25) is 5.91 Å². The number of hydrogen-bond donors (Lipinski definition) is 1. The van der Waals surface area contributed by atoms with E-state index in [-0.39, 0.29) is 18.4 Å². The molecule has 1 N–H and O–H groups in total. The van der Waals surface area contributed by atoms with Crippen molar-refractivity contribution in [3.63, 3.8) is 0 Å². The summed E-state index contributed by atoms with van der Waals surface area (Å²) in [6.45, 7) is 9.13. The molecule has 6 nitrogen and oxygen atoms in total. The molecule has 1 saturated heterocycles. The highest BCUT2D eigenvalue weighted by Crippen LogP contribution is 2.28. The number of rotatable bonds is 7. The monoisotopic (exact) mass is 467 g/mol. The number of nitrogens with zero attached hydrogens (tertiary/aromatic N) is 2. The summed E-state index contributed by atoms with van der Waals surface area (Å²) < 4.78 is 13.5. The topological polar surface area (TPSA) is 65.4 Å². The van der Waals surface area contributed by atoms with Crippen molar-refractivity contribution in [2.24, 2.45) is 0 Å². The number of nitrogens with one attached hydrogen (secondary N) is 1. The second kappa shape index (κ2) is 9.98. The predicted molar refractivity (Wildman–Crippen MR) is 131 cm³/mol. The van der Waals surface area contributed by atoms with E-state index in [9.17, 15) is 4.79 Å². The Balaban J connectivity index is 1.49. The standard InChI is InChI=1S/C26H30ClN3O3/c1-16-7-10-24(25(12-16)33-15-21-6-5-11-32-21)28-26(31)14-22-18(3)29-30(19(22)4)20-9-8-17(2)23(27)13-20/h7-10,12-13,21H,5-6,11,14-15H2,1-4H3,(H,28,31). The molecule has 7 heteroatoms. The molecule has 0 radical (unpaired) electrons. The molecule has 1 amide bonds. The average Bonchev–Trinajstić information content (AvgIpc) is 3.40. The number of anilines is 1. The molecule has 1 fully saturated rings. The fourth-order valence-electron chi connectivity index (χ4n) is 4.06. The van der Waals surface area contributed by atoms with Crippen molar-refractivity contribution >= 4 is 23.2 Å². The Kier molecular flexibility index (Phi) is 7.05. The first kappa shape index (κ1) is 23.3. The SMILES string of the molecule is Cc1ccc(NC(=O)Cc2c(C)nn(-c3ccc(C)c(Cl)c3)c2C)c(OCC2CCCO2)c1. The first-order chi connectivity index (χ1) is 15.8. The van der Waals surface area contributed by atoms with E-state index in [4.69, 9.17) is 21.1 Å². The largest absolute Gasteiger partial charge is 0.489 e. The van der Waals surface area contributed by atoms with Crippen LogP contribution in [0.4, 0.5) is 5.69 Å². The van der Waals surface area contributed by atoms with E-state index in [0.717, 1.165) is 53.2 Å². The lowest BCUT2D eigenvalue weighted by molar-refractivity contribution is -0.115. The average molecular weight is 468 g/mol. The van der Waals surface area contributed by atoms with Crippen LogP contribution in [0.5, 0.6) is 5.75 Å². The minimum atomic E-state index is -0.117. The molecule has 0 bridgehead atoms. The van der Waals surface area contributed by atoms with Gasteiger partial charge in [-0.2, -0.15) is 5.10 Å². The number of amides is 1. The van der Waals surface area contributed by atoms with Crippen LogP contribution in [0, 0.1) is 27.7 Å². The van der Waals surface area contributed by atoms with Crippen LogP contribution in [-0.2, 0) is 16.0 Å². The van der Waals surface area contributed by atoms with E-state index in [1.165, 1.54) is 0 Å². The highest BCUT2D eigenvalue weighted by Gasteiger charge is 2.19. The van der Waals surface area contributed by atoms with Gasteiger partial charge in [-0.3, -0.25) is 4.79 Å². The third-order valence-corrected chi connectivity index (χ3v) is 6.45. The van der Waals surface area contributed by atoms with Gasteiger partial charge >= 0.3 is 0 Å². The number of carbonyl (C=O) groups excluding carboxylic acids is 1. The Hall–Kier alpha value is -2.83. The summed E-state index contributed by atoms with van der Waals surface area (Å²) in [6.07, 6.45) is 2.39. The van der Waals surface area contributed by atoms with Gasteiger partial charge in [0.15, 0.2) is 0 Å². The third-order valence-electron chi connectivity index (χ3n) is 6.04. The Morgan fingerprint density at radius 3 is 2.76 bits per heavy atom. The summed E-state index contributed by atoms with van der Waals surface area (Å²) in [6, 6.07) is 11.6. The van der Waals surface area contributed by atoms with Crippen LogP contribution in [0.1, 0.15) is 40.9 Å². The molecule has 1 aliphatic rings. The zero-order valence-corrected chi connectivity index (χ0v) is 20.3. The van der Waals surface area contributed by atoms with Gasteiger partial charge < -0.3 is 14.8 Å². The van der Waals surface area contributed by atoms with Crippen molar-refractivity contribution in [1.29, 1.82) is 0 Å². The van der Waals surface area contributed by atoms with Gasteiger partial charge in [-0.25, -0.2) is 4.68 Å². The predicted octanol–water partition coefficient (Wildman–Crippen LogP) is 5.50. The van der Waals surface area contributed by atoms with Crippen LogP contribution >= 0.6 is 11.6 Å². The second-order valence-corrected chi connectivity index (χ2v) is 9.07. The first-order valence-corrected chi connectivity index (χ1v) is 11.7. The zero-order chi connectivity index (χ0) is 23.5. The molecular weight excluding hydrogens is 438 g/mol. The number of benzene rings is 2. The molecule has 33 heavy (non-hydrogen) atoms. The molecule has 0 spiro atoms. The van der Waals surface area contributed by atoms with Crippen LogP contribution < -0.4 is 10.1 Å².